The molecule has 0 saturated carbocycles. The third kappa shape index (κ3) is 4.20. The summed E-state index contributed by atoms with van der Waals surface area (Å²) in [5.74, 6) is -1.11. The number of benzene rings is 2. The van der Waals surface area contributed by atoms with Gasteiger partial charge in [-0.25, -0.2) is 18.2 Å². The fourth-order valence-electron chi connectivity index (χ4n) is 4.21. The number of aromatic nitrogens is 1. The van der Waals surface area contributed by atoms with Crippen LogP contribution in [-0.4, -0.2) is 41.9 Å². The highest BCUT2D eigenvalue weighted by Crippen LogP contribution is 2.30. The fraction of sp³-hybridized carbons (Fsp3) is 0.333. The highest BCUT2D eigenvalue weighted by Gasteiger charge is 2.26. The zero-order chi connectivity index (χ0) is 22.2. The molecule has 2 heterocycles. The van der Waals surface area contributed by atoms with Crippen LogP contribution in [0.5, 0.6) is 0 Å². The van der Waals surface area contributed by atoms with Crippen molar-refractivity contribution in [2.45, 2.75) is 44.4 Å². The molecule has 0 bridgehead atoms. The summed E-state index contributed by atoms with van der Waals surface area (Å²) in [5.41, 5.74) is 4.05. The van der Waals surface area contributed by atoms with Crippen LogP contribution in [0.2, 0.25) is 0 Å². The van der Waals surface area contributed by atoms with Crippen molar-refractivity contribution in [1.29, 1.82) is 0 Å². The molecular formula is C24H26N2O4S. The number of nitrogens with zero attached hydrogens (tertiary/aromatic N) is 2. The van der Waals surface area contributed by atoms with Gasteiger partial charge in [-0.05, 0) is 56.5 Å². The number of pyridine rings is 1. The Kier molecular flexibility index (Phi) is 5.81. The van der Waals surface area contributed by atoms with E-state index in [4.69, 9.17) is 0 Å². The Bertz CT molecular complexity index is 1260. The van der Waals surface area contributed by atoms with E-state index in [0.717, 1.165) is 42.4 Å². The fourth-order valence-corrected chi connectivity index (χ4v) is 5.76. The van der Waals surface area contributed by atoms with E-state index >= 15 is 0 Å². The number of rotatable bonds is 4. The normalized spacial score (nSPS) is 15.7. The van der Waals surface area contributed by atoms with E-state index < -0.39 is 16.0 Å². The molecule has 0 atom stereocenters. The quantitative estimate of drug-likeness (QED) is 0.633. The van der Waals surface area contributed by atoms with Gasteiger partial charge in [-0.3, -0.25) is 0 Å². The van der Waals surface area contributed by atoms with Gasteiger partial charge in [0.1, 0.15) is 0 Å². The summed E-state index contributed by atoms with van der Waals surface area (Å²) >= 11 is 0. The smallest absolute Gasteiger partial charge is 0.336 e. The Hall–Kier alpha value is -2.77. The van der Waals surface area contributed by atoms with Gasteiger partial charge in [-0.2, -0.15) is 4.31 Å². The zero-order valence-corrected chi connectivity index (χ0v) is 18.6. The van der Waals surface area contributed by atoms with Gasteiger partial charge in [0.2, 0.25) is 10.0 Å². The van der Waals surface area contributed by atoms with E-state index in [1.807, 2.05) is 32.0 Å². The summed E-state index contributed by atoms with van der Waals surface area (Å²) in [4.78, 5) is 16.8. The predicted molar refractivity (Wildman–Crippen MR) is 121 cm³/mol. The molecule has 0 amide bonds. The number of fused-ring (bicyclic) bond motifs is 1. The Morgan fingerprint density at radius 3 is 2.32 bits per heavy atom. The number of carboxylic acid groups (broad SMARTS) is 1. The lowest BCUT2D eigenvalue weighted by Crippen LogP contribution is -2.31. The lowest BCUT2D eigenvalue weighted by molar-refractivity contribution is 0.0699. The van der Waals surface area contributed by atoms with Crippen molar-refractivity contribution < 1.29 is 18.3 Å². The predicted octanol–water partition coefficient (Wildman–Crippen LogP) is 4.78. The van der Waals surface area contributed by atoms with E-state index in [-0.39, 0.29) is 10.5 Å². The van der Waals surface area contributed by atoms with Crippen LogP contribution in [0.1, 0.15) is 47.2 Å². The van der Waals surface area contributed by atoms with Crippen molar-refractivity contribution in [3.05, 3.63) is 59.2 Å². The number of carboxylic acids is 1. The van der Waals surface area contributed by atoms with Crippen molar-refractivity contribution in [3.63, 3.8) is 0 Å². The number of carbonyl (C=O) groups is 1. The summed E-state index contributed by atoms with van der Waals surface area (Å²) in [6.45, 7) is 4.96. The standard InChI is InChI=1S/C24H26N2O4S/c1-16-7-9-19(17(2)13-16)23-15-21(24(27)28)20-14-18(8-10-22(20)25-23)31(29,30)26-11-5-3-4-6-12-26/h7-10,13-15H,3-6,11-12H2,1-2H3,(H,27,28). The molecule has 1 aliphatic heterocycles. The average molecular weight is 439 g/mol. The maximum atomic E-state index is 13.2. The second kappa shape index (κ2) is 8.40. The molecule has 0 radical (unpaired) electrons. The van der Waals surface area contributed by atoms with E-state index in [0.29, 0.717) is 29.7 Å². The van der Waals surface area contributed by atoms with Gasteiger partial charge < -0.3 is 5.11 Å². The largest absolute Gasteiger partial charge is 0.478 e. The highest BCUT2D eigenvalue weighted by molar-refractivity contribution is 7.89. The Labute approximate surface area is 182 Å². The maximum Gasteiger partial charge on any atom is 0.336 e. The van der Waals surface area contributed by atoms with Gasteiger partial charge in [-0.15, -0.1) is 0 Å². The molecule has 3 aromatic rings. The van der Waals surface area contributed by atoms with Gasteiger partial charge >= 0.3 is 5.97 Å². The molecule has 162 valence electrons. The Balaban J connectivity index is 1.84. The highest BCUT2D eigenvalue weighted by atomic mass is 32.2. The molecule has 31 heavy (non-hydrogen) atoms. The third-order valence-corrected chi connectivity index (χ3v) is 7.77. The molecule has 1 aromatic heterocycles. The molecular weight excluding hydrogens is 412 g/mol. The van der Waals surface area contributed by atoms with Crippen molar-refractivity contribution in [2.24, 2.45) is 0 Å². The van der Waals surface area contributed by atoms with Crippen LogP contribution in [0.15, 0.2) is 47.4 Å². The SMILES string of the molecule is Cc1ccc(-c2cc(C(=O)O)c3cc(S(=O)(=O)N4CCCCCC4)ccc3n2)c(C)c1. The van der Waals surface area contributed by atoms with Crippen molar-refractivity contribution in [2.75, 3.05) is 13.1 Å². The number of hydrogen-bond donors (Lipinski definition) is 1. The van der Waals surface area contributed by atoms with Gasteiger partial charge in [0.25, 0.3) is 0 Å². The van der Waals surface area contributed by atoms with Gasteiger partial charge in [0.15, 0.2) is 0 Å². The molecule has 6 nitrogen and oxygen atoms in total. The van der Waals surface area contributed by atoms with Crippen LogP contribution in [0.25, 0.3) is 22.2 Å². The number of hydrogen-bond acceptors (Lipinski definition) is 4. The Morgan fingerprint density at radius 1 is 0.968 bits per heavy atom. The molecule has 0 spiro atoms. The molecule has 0 aliphatic carbocycles. The van der Waals surface area contributed by atoms with Crippen molar-refractivity contribution in [1.82, 2.24) is 9.29 Å². The van der Waals surface area contributed by atoms with Gasteiger partial charge in [0, 0.05) is 24.0 Å². The summed E-state index contributed by atoms with van der Waals surface area (Å²) < 4.78 is 27.9. The summed E-state index contributed by atoms with van der Waals surface area (Å²) in [7, 11) is -3.68. The van der Waals surface area contributed by atoms with Gasteiger partial charge in [0.05, 0.1) is 21.7 Å². The lowest BCUT2D eigenvalue weighted by Gasteiger charge is -2.20. The maximum absolute atomic E-state index is 13.2. The molecule has 7 heteroatoms. The summed E-state index contributed by atoms with van der Waals surface area (Å²) in [5, 5.41) is 10.2. The topological polar surface area (TPSA) is 87.6 Å². The van der Waals surface area contributed by atoms with E-state index in [2.05, 4.69) is 4.98 Å². The molecule has 0 unspecified atom stereocenters. The van der Waals surface area contributed by atoms with Gasteiger partial charge in [-0.1, -0.05) is 36.6 Å². The third-order valence-electron chi connectivity index (χ3n) is 5.87. The van der Waals surface area contributed by atoms with E-state index in [9.17, 15) is 18.3 Å². The minimum Gasteiger partial charge on any atom is -0.478 e. The second-order valence-electron chi connectivity index (χ2n) is 8.18. The molecule has 1 saturated heterocycles. The second-order valence-corrected chi connectivity index (χ2v) is 10.1. The molecule has 1 fully saturated rings. The van der Waals surface area contributed by atoms with Crippen LogP contribution < -0.4 is 0 Å². The first-order chi connectivity index (χ1) is 14.8. The lowest BCUT2D eigenvalue weighted by atomic mass is 9.99. The summed E-state index contributed by atoms with van der Waals surface area (Å²) in [6, 6.07) is 12.1. The minimum absolute atomic E-state index is 0.0490. The van der Waals surface area contributed by atoms with Crippen LogP contribution >= 0.6 is 0 Å². The molecule has 1 aliphatic rings. The number of sulfonamides is 1. The number of aryl methyl sites for hydroxylation is 2. The summed E-state index contributed by atoms with van der Waals surface area (Å²) in [6.07, 6.45) is 3.73. The van der Waals surface area contributed by atoms with E-state index in [1.165, 1.54) is 22.5 Å². The van der Waals surface area contributed by atoms with Crippen LogP contribution in [0, 0.1) is 13.8 Å². The Morgan fingerprint density at radius 2 is 1.68 bits per heavy atom. The first-order valence-electron chi connectivity index (χ1n) is 10.5. The van der Waals surface area contributed by atoms with E-state index in [1.54, 1.807) is 6.07 Å². The van der Waals surface area contributed by atoms with Crippen molar-refractivity contribution in [3.8, 4) is 11.3 Å². The first-order valence-corrected chi connectivity index (χ1v) is 12.0. The van der Waals surface area contributed by atoms with Crippen LogP contribution in [0.4, 0.5) is 0 Å². The van der Waals surface area contributed by atoms with Crippen LogP contribution in [0.3, 0.4) is 0 Å². The number of aromatic carboxylic acids is 1. The van der Waals surface area contributed by atoms with Crippen LogP contribution in [-0.2, 0) is 10.0 Å². The molecule has 1 N–H and O–H groups in total. The van der Waals surface area contributed by atoms with Crippen molar-refractivity contribution >= 4 is 26.9 Å². The minimum atomic E-state index is -3.68. The first kappa shape index (κ1) is 21.5. The molecule has 2 aromatic carbocycles. The monoisotopic (exact) mass is 438 g/mol. The molecule has 4 rings (SSSR count). The zero-order valence-electron chi connectivity index (χ0n) is 17.8. The average Bonchev–Trinajstić information content (AvgIpc) is 3.02.